The molecule has 4 heteroatoms. The first-order valence-electron chi connectivity index (χ1n) is 5.06. The van der Waals surface area contributed by atoms with E-state index in [9.17, 15) is 5.11 Å². The van der Waals surface area contributed by atoms with Gasteiger partial charge < -0.3 is 10.4 Å². The molecule has 0 unspecified atom stereocenters. The topological polar surface area (TPSA) is 45.2 Å². The van der Waals surface area contributed by atoms with Gasteiger partial charge in [0.1, 0.15) is 0 Å². The molecule has 0 saturated heterocycles. The highest BCUT2D eigenvalue weighted by atomic mass is 32.1. The number of hydrogen-bond donors (Lipinski definition) is 2. The second kappa shape index (κ2) is 4.38. The van der Waals surface area contributed by atoms with Crippen LogP contribution >= 0.6 is 11.3 Å². The number of aliphatic hydroxyl groups is 1. The lowest BCUT2D eigenvalue weighted by molar-refractivity contribution is 0.179. The van der Waals surface area contributed by atoms with E-state index in [2.05, 4.69) is 10.3 Å². The zero-order chi connectivity index (χ0) is 9.97. The summed E-state index contributed by atoms with van der Waals surface area (Å²) in [6, 6.07) is 0.492. The van der Waals surface area contributed by atoms with Gasteiger partial charge >= 0.3 is 0 Å². The minimum atomic E-state index is -0.0879. The van der Waals surface area contributed by atoms with Gasteiger partial charge in [-0.25, -0.2) is 4.98 Å². The van der Waals surface area contributed by atoms with Crippen LogP contribution in [0.3, 0.4) is 0 Å². The highest BCUT2D eigenvalue weighted by Crippen LogP contribution is 2.20. The van der Waals surface area contributed by atoms with Crippen molar-refractivity contribution in [1.29, 1.82) is 0 Å². The molecule has 2 rings (SSSR count). The molecule has 0 bridgehead atoms. The molecule has 78 valence electrons. The molecule has 1 aromatic heterocycles. The van der Waals surface area contributed by atoms with Gasteiger partial charge in [-0.3, -0.25) is 0 Å². The summed E-state index contributed by atoms with van der Waals surface area (Å²) < 4.78 is 0. The van der Waals surface area contributed by atoms with Crippen LogP contribution in [-0.2, 0) is 6.54 Å². The molecular formula is C10H16N2OS. The van der Waals surface area contributed by atoms with Crippen LogP contribution in [0.5, 0.6) is 0 Å². The van der Waals surface area contributed by atoms with Gasteiger partial charge in [0.25, 0.3) is 0 Å². The third kappa shape index (κ3) is 2.32. The Labute approximate surface area is 88.2 Å². The monoisotopic (exact) mass is 212 g/mol. The highest BCUT2D eigenvalue weighted by Gasteiger charge is 2.22. The molecule has 0 spiro atoms. The summed E-state index contributed by atoms with van der Waals surface area (Å²) in [7, 11) is 0. The van der Waals surface area contributed by atoms with Gasteiger partial charge in [-0.15, -0.1) is 11.3 Å². The Morgan fingerprint density at radius 1 is 1.64 bits per heavy atom. The summed E-state index contributed by atoms with van der Waals surface area (Å²) in [5, 5.41) is 12.8. The molecule has 0 amide bonds. The summed E-state index contributed by atoms with van der Waals surface area (Å²) >= 11 is 1.70. The predicted molar refractivity (Wildman–Crippen MR) is 57.3 cm³/mol. The van der Waals surface area contributed by atoms with Crippen molar-refractivity contribution in [3.8, 4) is 0 Å². The molecule has 1 aromatic rings. The fourth-order valence-electron chi connectivity index (χ4n) is 1.88. The zero-order valence-electron chi connectivity index (χ0n) is 8.36. The fourth-order valence-corrected chi connectivity index (χ4v) is 2.60. The van der Waals surface area contributed by atoms with Crippen LogP contribution in [-0.4, -0.2) is 22.2 Å². The lowest BCUT2D eigenvalue weighted by atomic mass is 10.2. The number of hydrogen-bond acceptors (Lipinski definition) is 4. The number of aryl methyl sites for hydroxylation is 1. The van der Waals surface area contributed by atoms with Crippen molar-refractivity contribution in [3.63, 3.8) is 0 Å². The van der Waals surface area contributed by atoms with Crippen molar-refractivity contribution in [2.45, 2.75) is 44.9 Å². The van der Waals surface area contributed by atoms with Crippen molar-refractivity contribution < 1.29 is 5.11 Å². The number of nitrogens with zero attached hydrogens (tertiary/aromatic N) is 1. The molecule has 2 N–H and O–H groups in total. The number of nitrogens with one attached hydrogen (secondary N) is 1. The first kappa shape index (κ1) is 10.1. The molecule has 1 saturated carbocycles. The third-order valence-electron chi connectivity index (χ3n) is 2.80. The zero-order valence-corrected chi connectivity index (χ0v) is 9.18. The van der Waals surface area contributed by atoms with Gasteiger partial charge in [-0.2, -0.15) is 0 Å². The summed E-state index contributed by atoms with van der Waals surface area (Å²) in [5.74, 6) is 0. The van der Waals surface area contributed by atoms with E-state index in [4.69, 9.17) is 0 Å². The average molecular weight is 212 g/mol. The van der Waals surface area contributed by atoms with Crippen molar-refractivity contribution in [1.82, 2.24) is 10.3 Å². The molecule has 1 fully saturated rings. The maximum absolute atomic E-state index is 9.36. The fraction of sp³-hybridized carbons (Fsp3) is 0.700. The average Bonchev–Trinajstić information content (AvgIpc) is 2.72. The molecule has 0 aromatic carbocycles. The summed E-state index contributed by atoms with van der Waals surface area (Å²) in [5.41, 5.74) is 3.01. The van der Waals surface area contributed by atoms with E-state index >= 15 is 0 Å². The Kier molecular flexibility index (Phi) is 3.15. The Balaban J connectivity index is 1.80. The van der Waals surface area contributed by atoms with Crippen LogP contribution in [0.15, 0.2) is 5.51 Å². The van der Waals surface area contributed by atoms with E-state index in [0.29, 0.717) is 6.04 Å². The quantitative estimate of drug-likeness (QED) is 0.797. The van der Waals surface area contributed by atoms with Gasteiger partial charge in [0, 0.05) is 17.5 Å². The van der Waals surface area contributed by atoms with Crippen molar-refractivity contribution in [2.75, 3.05) is 0 Å². The van der Waals surface area contributed by atoms with Crippen molar-refractivity contribution >= 4 is 11.3 Å². The minimum Gasteiger partial charge on any atom is -0.393 e. The van der Waals surface area contributed by atoms with E-state index in [1.165, 1.54) is 4.88 Å². The van der Waals surface area contributed by atoms with E-state index < -0.39 is 0 Å². The molecule has 14 heavy (non-hydrogen) atoms. The Bertz CT molecular complexity index is 300. The van der Waals surface area contributed by atoms with Crippen LogP contribution in [0.4, 0.5) is 0 Å². The Hall–Kier alpha value is -0.450. The largest absolute Gasteiger partial charge is 0.393 e. The normalized spacial score (nSPS) is 27.0. The van der Waals surface area contributed by atoms with Gasteiger partial charge in [0.05, 0.1) is 17.3 Å². The van der Waals surface area contributed by atoms with Gasteiger partial charge in [-0.1, -0.05) is 0 Å². The molecule has 2 atom stereocenters. The number of rotatable bonds is 3. The van der Waals surface area contributed by atoms with Gasteiger partial charge in [-0.05, 0) is 26.2 Å². The molecule has 3 nitrogen and oxygen atoms in total. The molecule has 0 radical (unpaired) electrons. The lowest BCUT2D eigenvalue weighted by Gasteiger charge is -2.10. The number of aliphatic hydroxyl groups excluding tert-OH is 1. The van der Waals surface area contributed by atoms with Gasteiger partial charge in [0.15, 0.2) is 0 Å². The van der Waals surface area contributed by atoms with E-state index in [1.54, 1.807) is 11.3 Å². The second-order valence-corrected chi connectivity index (χ2v) is 4.84. The maximum atomic E-state index is 9.36. The SMILES string of the molecule is Cc1ncsc1CN[C@H]1CC[C@@H](O)C1. The molecule has 1 aliphatic rings. The van der Waals surface area contributed by atoms with E-state index in [1.807, 2.05) is 12.4 Å². The first-order valence-corrected chi connectivity index (χ1v) is 5.94. The lowest BCUT2D eigenvalue weighted by Crippen LogP contribution is -2.26. The predicted octanol–water partition coefficient (Wildman–Crippen LogP) is 1.45. The number of thiazole rings is 1. The minimum absolute atomic E-state index is 0.0879. The first-order chi connectivity index (χ1) is 6.75. The third-order valence-corrected chi connectivity index (χ3v) is 3.74. The van der Waals surface area contributed by atoms with Crippen LogP contribution in [0.1, 0.15) is 29.8 Å². The van der Waals surface area contributed by atoms with Crippen molar-refractivity contribution in [2.24, 2.45) is 0 Å². The summed E-state index contributed by atoms with van der Waals surface area (Å²) in [4.78, 5) is 5.52. The number of aromatic nitrogens is 1. The van der Waals surface area contributed by atoms with Crippen LogP contribution in [0.25, 0.3) is 0 Å². The van der Waals surface area contributed by atoms with Crippen LogP contribution in [0.2, 0.25) is 0 Å². The van der Waals surface area contributed by atoms with Gasteiger partial charge in [0.2, 0.25) is 0 Å². The van der Waals surface area contributed by atoms with Crippen molar-refractivity contribution in [3.05, 3.63) is 16.1 Å². The Morgan fingerprint density at radius 2 is 2.50 bits per heavy atom. The Morgan fingerprint density at radius 3 is 3.07 bits per heavy atom. The molecule has 1 aliphatic carbocycles. The molecule has 0 aliphatic heterocycles. The van der Waals surface area contributed by atoms with Crippen LogP contribution in [0, 0.1) is 6.92 Å². The molecular weight excluding hydrogens is 196 g/mol. The summed E-state index contributed by atoms with van der Waals surface area (Å²) in [6.07, 6.45) is 2.85. The highest BCUT2D eigenvalue weighted by molar-refractivity contribution is 7.09. The molecule has 1 heterocycles. The van der Waals surface area contributed by atoms with E-state index in [-0.39, 0.29) is 6.10 Å². The maximum Gasteiger partial charge on any atom is 0.0798 e. The second-order valence-electron chi connectivity index (χ2n) is 3.91. The van der Waals surface area contributed by atoms with Crippen LogP contribution < -0.4 is 5.32 Å². The smallest absolute Gasteiger partial charge is 0.0798 e. The van der Waals surface area contributed by atoms with E-state index in [0.717, 1.165) is 31.5 Å². The standard InChI is InChI=1S/C10H16N2OS/c1-7-10(14-6-12-7)5-11-8-2-3-9(13)4-8/h6,8-9,11,13H,2-5H2,1H3/t8-,9+/m0/s1. The summed E-state index contributed by atoms with van der Waals surface area (Å²) in [6.45, 7) is 2.94.